The molecule has 19 heavy (non-hydrogen) atoms. The number of rotatable bonds is 5. The average molecular weight is 260 g/mol. The molecule has 0 fully saturated rings. The number of aliphatic hydroxyl groups is 1. The lowest BCUT2D eigenvalue weighted by molar-refractivity contribution is -0.119. The second-order valence-electron chi connectivity index (χ2n) is 4.04. The third-order valence-electron chi connectivity index (χ3n) is 2.73. The Morgan fingerprint density at radius 1 is 1.37 bits per heavy atom. The fourth-order valence-electron chi connectivity index (χ4n) is 1.82. The van der Waals surface area contributed by atoms with Crippen molar-refractivity contribution in [2.45, 2.75) is 20.1 Å². The summed E-state index contributed by atoms with van der Waals surface area (Å²) in [7, 11) is 0. The van der Waals surface area contributed by atoms with E-state index in [1.807, 2.05) is 37.3 Å². The molecule has 1 aromatic heterocycles. The van der Waals surface area contributed by atoms with Crippen LogP contribution < -0.4 is 4.90 Å². The number of para-hydroxylation sites is 1. The molecule has 0 aliphatic heterocycles. The molecular formula is C13H16N4O2. The van der Waals surface area contributed by atoms with E-state index in [1.54, 1.807) is 11.1 Å². The van der Waals surface area contributed by atoms with E-state index in [4.69, 9.17) is 5.11 Å². The number of hydrogen-bond acceptors (Lipinski definition) is 4. The first-order valence-corrected chi connectivity index (χ1v) is 6.10. The van der Waals surface area contributed by atoms with Gasteiger partial charge >= 0.3 is 0 Å². The number of anilines is 1. The van der Waals surface area contributed by atoms with Crippen LogP contribution in [0.4, 0.5) is 5.69 Å². The van der Waals surface area contributed by atoms with E-state index in [1.165, 1.54) is 4.68 Å². The van der Waals surface area contributed by atoms with Gasteiger partial charge in [-0.1, -0.05) is 23.4 Å². The van der Waals surface area contributed by atoms with Crippen molar-refractivity contribution in [2.24, 2.45) is 0 Å². The largest absolute Gasteiger partial charge is 0.390 e. The number of carbonyl (C=O) groups is 1. The third kappa shape index (κ3) is 3.17. The van der Waals surface area contributed by atoms with E-state index in [-0.39, 0.29) is 19.1 Å². The van der Waals surface area contributed by atoms with Crippen LogP contribution in [0.1, 0.15) is 12.6 Å². The van der Waals surface area contributed by atoms with Crippen LogP contribution in [0.3, 0.4) is 0 Å². The Morgan fingerprint density at radius 2 is 2.11 bits per heavy atom. The molecule has 0 bridgehead atoms. The maximum absolute atomic E-state index is 12.2. The minimum atomic E-state index is -0.176. The van der Waals surface area contributed by atoms with Gasteiger partial charge in [-0.25, -0.2) is 4.68 Å². The van der Waals surface area contributed by atoms with Crippen molar-refractivity contribution in [3.63, 3.8) is 0 Å². The molecule has 0 atom stereocenters. The molecule has 0 spiro atoms. The van der Waals surface area contributed by atoms with Crippen molar-refractivity contribution in [3.8, 4) is 0 Å². The Labute approximate surface area is 111 Å². The van der Waals surface area contributed by atoms with E-state index in [0.717, 1.165) is 5.69 Å². The maximum atomic E-state index is 12.2. The molecule has 0 saturated heterocycles. The molecule has 1 N–H and O–H groups in total. The highest BCUT2D eigenvalue weighted by atomic mass is 16.3. The minimum absolute atomic E-state index is 0.0666. The normalized spacial score (nSPS) is 10.4. The van der Waals surface area contributed by atoms with E-state index >= 15 is 0 Å². The van der Waals surface area contributed by atoms with Crippen LogP contribution in [0.25, 0.3) is 0 Å². The Kier molecular flexibility index (Phi) is 4.25. The number of amides is 1. The Balaban J connectivity index is 2.09. The first-order chi connectivity index (χ1) is 9.24. The lowest BCUT2D eigenvalue weighted by atomic mass is 10.3. The van der Waals surface area contributed by atoms with Gasteiger partial charge in [-0.3, -0.25) is 4.79 Å². The Bertz CT molecular complexity index is 539. The molecule has 0 unspecified atom stereocenters. The molecule has 1 heterocycles. The van der Waals surface area contributed by atoms with Crippen molar-refractivity contribution in [1.82, 2.24) is 15.0 Å². The van der Waals surface area contributed by atoms with Gasteiger partial charge in [0.05, 0.1) is 12.8 Å². The molecule has 6 heteroatoms. The molecule has 0 aliphatic rings. The van der Waals surface area contributed by atoms with Crippen molar-refractivity contribution in [3.05, 3.63) is 42.2 Å². The number of aromatic nitrogens is 3. The maximum Gasteiger partial charge on any atom is 0.248 e. The average Bonchev–Trinajstić information content (AvgIpc) is 2.88. The second kappa shape index (κ2) is 6.10. The zero-order valence-electron chi connectivity index (χ0n) is 10.7. The highest BCUT2D eigenvalue weighted by Gasteiger charge is 2.14. The number of likely N-dealkylation sites (N-methyl/N-ethyl adjacent to an activating group) is 1. The first-order valence-electron chi connectivity index (χ1n) is 6.10. The summed E-state index contributed by atoms with van der Waals surface area (Å²) in [5, 5.41) is 16.4. The predicted octanol–water partition coefficient (Wildman–Crippen LogP) is 0.823. The Hall–Kier alpha value is -2.21. The number of aliphatic hydroxyl groups excluding tert-OH is 1. The van der Waals surface area contributed by atoms with Crippen LogP contribution in [0.5, 0.6) is 0 Å². The second-order valence-corrected chi connectivity index (χ2v) is 4.04. The van der Waals surface area contributed by atoms with E-state index in [0.29, 0.717) is 12.2 Å². The van der Waals surface area contributed by atoms with Crippen molar-refractivity contribution >= 4 is 11.6 Å². The van der Waals surface area contributed by atoms with Crippen LogP contribution in [-0.2, 0) is 17.9 Å². The summed E-state index contributed by atoms with van der Waals surface area (Å²) in [5.41, 5.74) is 1.31. The highest BCUT2D eigenvalue weighted by Crippen LogP contribution is 2.13. The van der Waals surface area contributed by atoms with Gasteiger partial charge in [0, 0.05) is 12.2 Å². The summed E-state index contributed by atoms with van der Waals surface area (Å²) in [6.45, 7) is 2.44. The summed E-state index contributed by atoms with van der Waals surface area (Å²) >= 11 is 0. The monoisotopic (exact) mass is 260 g/mol. The van der Waals surface area contributed by atoms with Crippen LogP contribution in [0, 0.1) is 0 Å². The first kappa shape index (κ1) is 13.2. The van der Waals surface area contributed by atoms with Gasteiger partial charge in [-0.05, 0) is 19.1 Å². The van der Waals surface area contributed by atoms with Crippen LogP contribution in [-0.4, -0.2) is 32.6 Å². The van der Waals surface area contributed by atoms with Crippen molar-refractivity contribution in [2.75, 3.05) is 11.4 Å². The molecule has 0 aliphatic carbocycles. The molecule has 0 radical (unpaired) electrons. The molecule has 0 saturated carbocycles. The summed E-state index contributed by atoms with van der Waals surface area (Å²) in [6.07, 6.45) is 1.57. The van der Waals surface area contributed by atoms with Gasteiger partial charge in [0.2, 0.25) is 5.91 Å². The highest BCUT2D eigenvalue weighted by molar-refractivity contribution is 5.93. The fraction of sp³-hybridized carbons (Fsp3) is 0.308. The van der Waals surface area contributed by atoms with Crippen molar-refractivity contribution in [1.29, 1.82) is 0 Å². The van der Waals surface area contributed by atoms with E-state index in [2.05, 4.69) is 10.3 Å². The molecule has 2 rings (SSSR count). The van der Waals surface area contributed by atoms with Crippen LogP contribution in [0.2, 0.25) is 0 Å². The van der Waals surface area contributed by atoms with Gasteiger partial charge in [0.25, 0.3) is 0 Å². The third-order valence-corrected chi connectivity index (χ3v) is 2.73. The lowest BCUT2D eigenvalue weighted by Gasteiger charge is -2.20. The number of nitrogens with zero attached hydrogens (tertiary/aromatic N) is 4. The molecular weight excluding hydrogens is 244 g/mol. The standard InChI is InChI=1S/C13H16N4O2/c1-2-17(12-6-4-3-5-7-12)13(19)9-16-8-11(10-18)14-15-16/h3-8,18H,2,9-10H2,1H3. The zero-order chi connectivity index (χ0) is 13.7. The topological polar surface area (TPSA) is 71.2 Å². The summed E-state index contributed by atoms with van der Waals surface area (Å²) in [6, 6.07) is 9.48. The van der Waals surface area contributed by atoms with Gasteiger partial charge in [-0.15, -0.1) is 5.10 Å². The van der Waals surface area contributed by atoms with Crippen molar-refractivity contribution < 1.29 is 9.90 Å². The fourth-order valence-corrected chi connectivity index (χ4v) is 1.82. The molecule has 1 aromatic carbocycles. The zero-order valence-corrected chi connectivity index (χ0v) is 10.7. The van der Waals surface area contributed by atoms with E-state index in [9.17, 15) is 4.79 Å². The molecule has 2 aromatic rings. The number of hydrogen-bond donors (Lipinski definition) is 1. The number of benzene rings is 1. The van der Waals surface area contributed by atoms with Crippen LogP contribution >= 0.6 is 0 Å². The van der Waals surface area contributed by atoms with E-state index < -0.39 is 0 Å². The molecule has 100 valence electrons. The van der Waals surface area contributed by atoms with Gasteiger partial charge < -0.3 is 10.0 Å². The number of carbonyl (C=O) groups excluding carboxylic acids is 1. The van der Waals surface area contributed by atoms with Gasteiger partial charge in [-0.2, -0.15) is 0 Å². The van der Waals surface area contributed by atoms with Gasteiger partial charge in [0.1, 0.15) is 12.2 Å². The Morgan fingerprint density at radius 3 is 2.68 bits per heavy atom. The van der Waals surface area contributed by atoms with Gasteiger partial charge in [0.15, 0.2) is 0 Å². The molecule has 1 amide bonds. The SMILES string of the molecule is CCN(C(=O)Cn1cc(CO)nn1)c1ccccc1. The lowest BCUT2D eigenvalue weighted by Crippen LogP contribution is -2.33. The smallest absolute Gasteiger partial charge is 0.248 e. The molecule has 6 nitrogen and oxygen atoms in total. The summed E-state index contributed by atoms with van der Waals surface area (Å²) < 4.78 is 1.43. The minimum Gasteiger partial charge on any atom is -0.390 e. The quantitative estimate of drug-likeness (QED) is 0.864. The van der Waals surface area contributed by atoms with Crippen LogP contribution in [0.15, 0.2) is 36.5 Å². The summed E-state index contributed by atoms with van der Waals surface area (Å²) in [4.78, 5) is 13.9. The summed E-state index contributed by atoms with van der Waals surface area (Å²) in [5.74, 6) is -0.0666. The predicted molar refractivity (Wildman–Crippen MR) is 70.4 cm³/mol.